The van der Waals surface area contributed by atoms with Crippen molar-refractivity contribution in [2.24, 2.45) is 0 Å². The van der Waals surface area contributed by atoms with Crippen LogP contribution in [0.5, 0.6) is 0 Å². The molecule has 0 aliphatic carbocycles. The molecule has 0 aliphatic heterocycles. The van der Waals surface area contributed by atoms with Crippen LogP contribution in [0, 0.1) is 6.92 Å². The topological polar surface area (TPSA) is 39.2 Å². The first-order chi connectivity index (χ1) is 8.25. The van der Waals surface area contributed by atoms with Crippen LogP contribution in [-0.4, -0.2) is 5.75 Å². The van der Waals surface area contributed by atoms with E-state index in [9.17, 15) is 0 Å². The minimum atomic E-state index is 0.831. The molecule has 2 aromatic rings. The molecule has 0 saturated carbocycles. The van der Waals surface area contributed by atoms with Crippen molar-refractivity contribution in [2.45, 2.75) is 24.7 Å². The van der Waals surface area contributed by atoms with Crippen molar-refractivity contribution in [1.82, 2.24) is 0 Å². The minimum Gasteiger partial charge on any atom is -0.468 e. The van der Waals surface area contributed by atoms with Crippen LogP contribution in [0.2, 0.25) is 0 Å². The molecular formula is C14H17NOS. The first-order valence-corrected chi connectivity index (χ1v) is 6.75. The number of rotatable bonds is 5. The number of nitrogen functional groups attached to an aromatic ring is 1. The first kappa shape index (κ1) is 12.1. The number of furan rings is 1. The van der Waals surface area contributed by atoms with E-state index in [0.717, 1.165) is 23.6 Å². The zero-order valence-corrected chi connectivity index (χ0v) is 10.8. The molecule has 0 saturated heterocycles. The van der Waals surface area contributed by atoms with Crippen LogP contribution >= 0.6 is 11.8 Å². The lowest BCUT2D eigenvalue weighted by Gasteiger charge is -2.02. The monoisotopic (exact) mass is 247 g/mol. The Morgan fingerprint density at radius 1 is 1.18 bits per heavy atom. The quantitative estimate of drug-likeness (QED) is 0.495. The second-order valence-corrected chi connectivity index (χ2v) is 5.17. The SMILES string of the molecule is Cc1occc1SCCCc1ccc(N)cc1. The van der Waals surface area contributed by atoms with Gasteiger partial charge in [0.15, 0.2) is 0 Å². The van der Waals surface area contributed by atoms with E-state index in [4.69, 9.17) is 10.2 Å². The maximum absolute atomic E-state index is 5.65. The van der Waals surface area contributed by atoms with Crippen LogP contribution in [-0.2, 0) is 6.42 Å². The summed E-state index contributed by atoms with van der Waals surface area (Å²) in [6.07, 6.45) is 4.01. The summed E-state index contributed by atoms with van der Waals surface area (Å²) in [7, 11) is 0. The molecule has 0 unspecified atom stereocenters. The van der Waals surface area contributed by atoms with E-state index in [2.05, 4.69) is 12.1 Å². The third-order valence-electron chi connectivity index (χ3n) is 2.66. The Morgan fingerprint density at radius 2 is 1.94 bits per heavy atom. The van der Waals surface area contributed by atoms with Crippen molar-refractivity contribution in [3.8, 4) is 0 Å². The molecule has 0 fully saturated rings. The van der Waals surface area contributed by atoms with Crippen molar-refractivity contribution >= 4 is 17.4 Å². The van der Waals surface area contributed by atoms with Gasteiger partial charge in [0.1, 0.15) is 5.76 Å². The average molecular weight is 247 g/mol. The first-order valence-electron chi connectivity index (χ1n) is 5.77. The second kappa shape index (κ2) is 5.82. The van der Waals surface area contributed by atoms with E-state index in [1.807, 2.05) is 36.9 Å². The van der Waals surface area contributed by atoms with Crippen LogP contribution in [0.4, 0.5) is 5.69 Å². The highest BCUT2D eigenvalue weighted by Gasteiger charge is 2.01. The normalized spacial score (nSPS) is 10.6. The van der Waals surface area contributed by atoms with Gasteiger partial charge in [0.25, 0.3) is 0 Å². The smallest absolute Gasteiger partial charge is 0.114 e. The number of aryl methyl sites for hydroxylation is 2. The summed E-state index contributed by atoms with van der Waals surface area (Å²) in [5.41, 5.74) is 7.83. The minimum absolute atomic E-state index is 0.831. The molecule has 0 amide bonds. The Morgan fingerprint density at radius 3 is 2.59 bits per heavy atom. The fourth-order valence-electron chi connectivity index (χ4n) is 1.67. The molecule has 0 atom stereocenters. The van der Waals surface area contributed by atoms with Crippen LogP contribution in [0.25, 0.3) is 0 Å². The molecular weight excluding hydrogens is 230 g/mol. The molecule has 1 aromatic carbocycles. The van der Waals surface area contributed by atoms with E-state index in [0.29, 0.717) is 0 Å². The molecule has 0 spiro atoms. The number of nitrogens with two attached hydrogens (primary N) is 1. The summed E-state index contributed by atoms with van der Waals surface area (Å²) in [5, 5.41) is 0. The van der Waals surface area contributed by atoms with Gasteiger partial charge in [0.05, 0.1) is 6.26 Å². The summed E-state index contributed by atoms with van der Waals surface area (Å²) in [6.45, 7) is 2.00. The molecule has 2 nitrogen and oxygen atoms in total. The highest BCUT2D eigenvalue weighted by molar-refractivity contribution is 7.99. The molecule has 3 heteroatoms. The van der Waals surface area contributed by atoms with Crippen LogP contribution < -0.4 is 5.73 Å². The standard InChI is InChI=1S/C14H17NOS/c1-11-14(8-9-16-11)17-10-2-3-12-4-6-13(15)7-5-12/h4-9H,2-3,10,15H2,1H3. The van der Waals surface area contributed by atoms with Gasteiger partial charge in [-0.2, -0.15) is 0 Å². The van der Waals surface area contributed by atoms with Gasteiger partial charge >= 0.3 is 0 Å². The van der Waals surface area contributed by atoms with Crippen molar-refractivity contribution in [2.75, 3.05) is 11.5 Å². The zero-order chi connectivity index (χ0) is 12.1. The van der Waals surface area contributed by atoms with Crippen LogP contribution in [0.15, 0.2) is 45.9 Å². The molecule has 17 heavy (non-hydrogen) atoms. The molecule has 2 rings (SSSR count). The van der Waals surface area contributed by atoms with Crippen LogP contribution in [0.3, 0.4) is 0 Å². The van der Waals surface area contributed by atoms with Gasteiger partial charge in [-0.3, -0.25) is 0 Å². The van der Waals surface area contributed by atoms with Crippen molar-refractivity contribution < 1.29 is 4.42 Å². The van der Waals surface area contributed by atoms with Crippen molar-refractivity contribution in [1.29, 1.82) is 0 Å². The Hall–Kier alpha value is -1.35. The Labute approximate surface area is 106 Å². The lowest BCUT2D eigenvalue weighted by Crippen LogP contribution is -1.89. The average Bonchev–Trinajstić information content (AvgIpc) is 2.73. The maximum Gasteiger partial charge on any atom is 0.114 e. The fraction of sp³-hybridized carbons (Fsp3) is 0.286. The van der Waals surface area contributed by atoms with E-state index in [1.54, 1.807) is 6.26 Å². The lowest BCUT2D eigenvalue weighted by atomic mass is 10.1. The van der Waals surface area contributed by atoms with Crippen LogP contribution in [0.1, 0.15) is 17.7 Å². The molecule has 1 heterocycles. The molecule has 1 aromatic heterocycles. The van der Waals surface area contributed by atoms with Crippen molar-refractivity contribution in [3.63, 3.8) is 0 Å². The Kier molecular flexibility index (Phi) is 4.15. The zero-order valence-electron chi connectivity index (χ0n) is 9.98. The molecule has 0 radical (unpaired) electrons. The van der Waals surface area contributed by atoms with Crippen molar-refractivity contribution in [3.05, 3.63) is 47.9 Å². The van der Waals surface area contributed by atoms with E-state index in [1.165, 1.54) is 16.9 Å². The second-order valence-electron chi connectivity index (χ2n) is 4.03. The summed E-state index contributed by atoms with van der Waals surface area (Å²) >= 11 is 1.86. The largest absolute Gasteiger partial charge is 0.468 e. The van der Waals surface area contributed by atoms with Gasteiger partial charge in [0, 0.05) is 10.6 Å². The number of hydrogen-bond donors (Lipinski definition) is 1. The van der Waals surface area contributed by atoms with E-state index in [-0.39, 0.29) is 0 Å². The number of thioether (sulfide) groups is 1. The molecule has 0 aliphatic rings. The summed E-state index contributed by atoms with van der Waals surface area (Å²) in [4.78, 5) is 1.25. The molecule has 2 N–H and O–H groups in total. The van der Waals surface area contributed by atoms with Gasteiger partial charge < -0.3 is 10.2 Å². The highest BCUT2D eigenvalue weighted by atomic mass is 32.2. The number of benzene rings is 1. The van der Waals surface area contributed by atoms with Gasteiger partial charge in [0.2, 0.25) is 0 Å². The predicted molar refractivity (Wildman–Crippen MR) is 73.3 cm³/mol. The fourth-order valence-corrected chi connectivity index (χ4v) is 2.58. The summed E-state index contributed by atoms with van der Waals surface area (Å²) in [5.74, 6) is 2.13. The molecule has 90 valence electrons. The highest BCUT2D eigenvalue weighted by Crippen LogP contribution is 2.24. The summed E-state index contributed by atoms with van der Waals surface area (Å²) in [6, 6.07) is 10.2. The van der Waals surface area contributed by atoms with Gasteiger partial charge in [-0.1, -0.05) is 12.1 Å². The van der Waals surface area contributed by atoms with Gasteiger partial charge in [-0.05, 0) is 49.3 Å². The summed E-state index contributed by atoms with van der Waals surface area (Å²) < 4.78 is 5.26. The number of anilines is 1. The number of hydrogen-bond acceptors (Lipinski definition) is 3. The van der Waals surface area contributed by atoms with E-state index < -0.39 is 0 Å². The van der Waals surface area contributed by atoms with Gasteiger partial charge in [-0.25, -0.2) is 0 Å². The lowest BCUT2D eigenvalue weighted by molar-refractivity contribution is 0.527. The third kappa shape index (κ3) is 3.56. The Balaban J connectivity index is 1.73. The third-order valence-corrected chi connectivity index (χ3v) is 3.89. The predicted octanol–water partition coefficient (Wildman–Crippen LogP) is 3.90. The molecule has 0 bridgehead atoms. The van der Waals surface area contributed by atoms with E-state index >= 15 is 0 Å². The Bertz CT molecular complexity index is 461. The van der Waals surface area contributed by atoms with Gasteiger partial charge in [-0.15, -0.1) is 11.8 Å². The maximum atomic E-state index is 5.65.